The number of rotatable bonds is 2. The number of ether oxygens (including phenoxy) is 1. The van der Waals surface area contributed by atoms with Crippen LogP contribution in [0.25, 0.3) is 0 Å². The lowest BCUT2D eigenvalue weighted by Gasteiger charge is -2.02. The van der Waals surface area contributed by atoms with Crippen LogP contribution in [0.4, 0.5) is 4.39 Å². The lowest BCUT2D eigenvalue weighted by molar-refractivity contribution is 0.412. The van der Waals surface area contributed by atoms with Gasteiger partial charge in [0.25, 0.3) is 0 Å². The molecule has 12 heavy (non-hydrogen) atoms. The molecule has 1 rings (SSSR count). The zero-order valence-corrected chi connectivity index (χ0v) is 6.67. The molecular weight excluding hydrogens is 157 g/mol. The molecule has 62 valence electrons. The van der Waals surface area contributed by atoms with E-state index in [1.54, 1.807) is 12.1 Å². The first-order valence-corrected chi connectivity index (χ1v) is 3.44. The molecule has 0 saturated heterocycles. The van der Waals surface area contributed by atoms with Gasteiger partial charge in [-0.15, -0.1) is 0 Å². The van der Waals surface area contributed by atoms with Gasteiger partial charge in [0, 0.05) is 0 Å². The highest BCUT2D eigenvalue weighted by atomic mass is 19.1. The number of nitrogens with zero attached hydrogens (tertiary/aromatic N) is 1. The maximum absolute atomic E-state index is 12.1. The molecule has 0 radical (unpaired) electrons. The fraction of sp³-hybridized carbons (Fsp3) is 0.222. The van der Waals surface area contributed by atoms with Crippen molar-refractivity contribution in [1.82, 2.24) is 0 Å². The molecule has 0 saturated carbocycles. The number of hydrogen-bond acceptors (Lipinski definition) is 2. The van der Waals surface area contributed by atoms with E-state index in [1.165, 1.54) is 13.2 Å². The van der Waals surface area contributed by atoms with Crippen molar-refractivity contribution in [3.8, 4) is 11.8 Å². The van der Waals surface area contributed by atoms with Crippen LogP contribution in [0.5, 0.6) is 5.75 Å². The monoisotopic (exact) mass is 165 g/mol. The van der Waals surface area contributed by atoms with Crippen LogP contribution >= 0.6 is 0 Å². The van der Waals surface area contributed by atoms with E-state index in [-0.39, 0.29) is 0 Å². The summed E-state index contributed by atoms with van der Waals surface area (Å²) in [7, 11) is 1.48. The number of benzene rings is 1. The number of methoxy groups -OCH3 is 1. The van der Waals surface area contributed by atoms with Crippen LogP contribution in [0.1, 0.15) is 11.1 Å². The van der Waals surface area contributed by atoms with Crippen LogP contribution in [0, 0.1) is 11.3 Å². The molecule has 0 aliphatic rings. The Morgan fingerprint density at radius 2 is 2.33 bits per heavy atom. The number of hydrogen-bond donors (Lipinski definition) is 0. The highest BCUT2D eigenvalue weighted by Gasteiger charge is 2.02. The molecule has 0 fully saturated rings. The zero-order chi connectivity index (χ0) is 8.97. The van der Waals surface area contributed by atoms with Crippen molar-refractivity contribution in [3.05, 3.63) is 29.3 Å². The summed E-state index contributed by atoms with van der Waals surface area (Å²) in [5, 5.41) is 8.62. The average Bonchev–Trinajstić information content (AvgIpc) is 2.16. The van der Waals surface area contributed by atoms with Crippen molar-refractivity contribution >= 4 is 0 Å². The van der Waals surface area contributed by atoms with Gasteiger partial charge in [0.05, 0.1) is 12.7 Å². The molecule has 0 amide bonds. The highest BCUT2D eigenvalue weighted by Crippen LogP contribution is 2.18. The molecule has 3 heteroatoms. The summed E-state index contributed by atoms with van der Waals surface area (Å²) < 4.78 is 17.0. The van der Waals surface area contributed by atoms with Crippen LogP contribution < -0.4 is 4.74 Å². The molecule has 1 aromatic rings. The summed E-state index contributed by atoms with van der Waals surface area (Å²) in [5.41, 5.74) is 0.861. The topological polar surface area (TPSA) is 33.0 Å². The van der Waals surface area contributed by atoms with E-state index in [4.69, 9.17) is 10.00 Å². The largest absolute Gasteiger partial charge is 0.495 e. The van der Waals surface area contributed by atoms with Gasteiger partial charge in [-0.1, -0.05) is 6.07 Å². The molecular formula is C9H8FNO. The van der Waals surface area contributed by atoms with E-state index in [2.05, 4.69) is 0 Å². The van der Waals surface area contributed by atoms with E-state index < -0.39 is 6.67 Å². The SMILES string of the molecule is COc1ccc(CF)cc1C#N. The fourth-order valence-corrected chi connectivity index (χ4v) is 0.926. The molecule has 0 bridgehead atoms. The second kappa shape index (κ2) is 3.72. The second-order valence-corrected chi connectivity index (χ2v) is 2.28. The fourth-order valence-electron chi connectivity index (χ4n) is 0.926. The van der Waals surface area contributed by atoms with Gasteiger partial charge in [0.1, 0.15) is 18.5 Å². The third-order valence-corrected chi connectivity index (χ3v) is 1.54. The van der Waals surface area contributed by atoms with Gasteiger partial charge in [0.2, 0.25) is 0 Å². The van der Waals surface area contributed by atoms with Crippen LogP contribution in [-0.2, 0) is 6.67 Å². The predicted molar refractivity (Wildman–Crippen MR) is 42.5 cm³/mol. The van der Waals surface area contributed by atoms with Gasteiger partial charge in [-0.2, -0.15) is 5.26 Å². The third kappa shape index (κ3) is 1.54. The van der Waals surface area contributed by atoms with Gasteiger partial charge in [-0.3, -0.25) is 0 Å². The van der Waals surface area contributed by atoms with Crippen molar-refractivity contribution in [2.75, 3.05) is 7.11 Å². The van der Waals surface area contributed by atoms with E-state index in [9.17, 15) is 4.39 Å². The summed E-state index contributed by atoms with van der Waals surface area (Å²) >= 11 is 0. The van der Waals surface area contributed by atoms with Crippen molar-refractivity contribution in [3.63, 3.8) is 0 Å². The Balaban J connectivity index is 3.13. The molecule has 0 aromatic heterocycles. The maximum atomic E-state index is 12.1. The summed E-state index contributed by atoms with van der Waals surface area (Å²) in [4.78, 5) is 0. The molecule has 0 aliphatic carbocycles. The van der Waals surface area contributed by atoms with Crippen molar-refractivity contribution < 1.29 is 9.13 Å². The van der Waals surface area contributed by atoms with E-state index in [1.807, 2.05) is 6.07 Å². The van der Waals surface area contributed by atoms with Gasteiger partial charge in [-0.05, 0) is 17.7 Å². The Hall–Kier alpha value is -1.56. The summed E-state index contributed by atoms with van der Waals surface area (Å²) in [6.07, 6.45) is 0. The van der Waals surface area contributed by atoms with Crippen molar-refractivity contribution in [2.24, 2.45) is 0 Å². The first-order valence-electron chi connectivity index (χ1n) is 3.44. The normalized spacial score (nSPS) is 9.08. The molecule has 0 N–H and O–H groups in total. The molecule has 1 aromatic carbocycles. The minimum atomic E-state index is -0.557. The predicted octanol–water partition coefficient (Wildman–Crippen LogP) is 2.04. The van der Waals surface area contributed by atoms with E-state index in [0.29, 0.717) is 16.9 Å². The van der Waals surface area contributed by atoms with Gasteiger partial charge < -0.3 is 4.74 Å². The minimum absolute atomic E-state index is 0.368. The van der Waals surface area contributed by atoms with E-state index >= 15 is 0 Å². The lowest BCUT2D eigenvalue weighted by atomic mass is 10.1. The van der Waals surface area contributed by atoms with Gasteiger partial charge >= 0.3 is 0 Å². The second-order valence-electron chi connectivity index (χ2n) is 2.28. The molecule has 0 aliphatic heterocycles. The average molecular weight is 165 g/mol. The standard InChI is InChI=1S/C9H8FNO/c1-12-9-3-2-7(5-10)4-8(9)6-11/h2-4H,5H2,1H3. The van der Waals surface area contributed by atoms with Crippen molar-refractivity contribution in [2.45, 2.75) is 6.67 Å². The van der Waals surface area contributed by atoms with Crippen molar-refractivity contribution in [1.29, 1.82) is 5.26 Å². The van der Waals surface area contributed by atoms with E-state index in [0.717, 1.165) is 0 Å². The number of alkyl halides is 1. The minimum Gasteiger partial charge on any atom is -0.495 e. The smallest absolute Gasteiger partial charge is 0.136 e. The van der Waals surface area contributed by atoms with Crippen LogP contribution in [0.2, 0.25) is 0 Å². The molecule has 2 nitrogen and oxygen atoms in total. The first kappa shape index (κ1) is 8.54. The van der Waals surface area contributed by atoms with Gasteiger partial charge in [0.15, 0.2) is 0 Å². The maximum Gasteiger partial charge on any atom is 0.136 e. The van der Waals surface area contributed by atoms with Crippen LogP contribution in [-0.4, -0.2) is 7.11 Å². The molecule has 0 spiro atoms. The first-order chi connectivity index (χ1) is 5.81. The molecule has 0 unspecified atom stereocenters. The zero-order valence-electron chi connectivity index (χ0n) is 6.67. The number of halogens is 1. The Labute approximate surface area is 70.2 Å². The van der Waals surface area contributed by atoms with Crippen LogP contribution in [0.3, 0.4) is 0 Å². The molecule has 0 atom stereocenters. The summed E-state index contributed by atoms with van der Waals surface area (Å²) in [6, 6.07) is 6.60. The Morgan fingerprint density at radius 1 is 1.58 bits per heavy atom. The Morgan fingerprint density at radius 3 is 2.83 bits per heavy atom. The Kier molecular flexibility index (Phi) is 2.65. The third-order valence-electron chi connectivity index (χ3n) is 1.54. The molecule has 0 heterocycles. The highest BCUT2D eigenvalue weighted by molar-refractivity contribution is 5.45. The number of nitriles is 1. The lowest BCUT2D eigenvalue weighted by Crippen LogP contribution is -1.89. The van der Waals surface area contributed by atoms with Crippen LogP contribution in [0.15, 0.2) is 18.2 Å². The summed E-state index contributed by atoms with van der Waals surface area (Å²) in [6.45, 7) is -0.557. The quantitative estimate of drug-likeness (QED) is 0.671. The Bertz CT molecular complexity index is 317. The summed E-state index contributed by atoms with van der Waals surface area (Å²) in [5.74, 6) is 0.481. The van der Waals surface area contributed by atoms with Gasteiger partial charge in [-0.25, -0.2) is 4.39 Å².